The number of ether oxygens (including phenoxy) is 1. The van der Waals surface area contributed by atoms with Crippen LogP contribution in [-0.2, 0) is 4.79 Å². The molecule has 1 heterocycles. The first-order valence-electron chi connectivity index (χ1n) is 6.98. The topological polar surface area (TPSA) is 58.6 Å². The van der Waals surface area contributed by atoms with E-state index in [1.54, 1.807) is 18.2 Å². The number of aromatic hydroxyl groups is 1. The van der Waals surface area contributed by atoms with Crippen LogP contribution >= 0.6 is 31.9 Å². The lowest BCUT2D eigenvalue weighted by Crippen LogP contribution is -2.03. The van der Waals surface area contributed by atoms with Crippen LogP contribution in [0.25, 0.3) is 11.6 Å². The molecule has 0 aromatic heterocycles. The molecule has 2 N–H and O–H groups in total. The van der Waals surface area contributed by atoms with Gasteiger partial charge in [-0.2, -0.15) is 0 Å². The fourth-order valence-corrected chi connectivity index (χ4v) is 3.23. The van der Waals surface area contributed by atoms with Crippen molar-refractivity contribution >= 4 is 55.1 Å². The van der Waals surface area contributed by atoms with Gasteiger partial charge in [-0.1, -0.05) is 15.9 Å². The van der Waals surface area contributed by atoms with E-state index in [1.807, 2.05) is 25.1 Å². The SMILES string of the molecule is CCOc1cc(/C=C2\C(=O)Nc3ccc(Br)cc32)cc(Br)c1O. The molecule has 0 saturated carbocycles. The first-order valence-corrected chi connectivity index (χ1v) is 8.56. The van der Waals surface area contributed by atoms with Crippen LogP contribution < -0.4 is 10.1 Å². The van der Waals surface area contributed by atoms with E-state index in [0.29, 0.717) is 22.4 Å². The molecular formula is C17H13Br2NO3. The molecule has 1 amide bonds. The summed E-state index contributed by atoms with van der Waals surface area (Å²) in [6.45, 7) is 2.28. The van der Waals surface area contributed by atoms with Crippen LogP contribution in [0.2, 0.25) is 0 Å². The van der Waals surface area contributed by atoms with Crippen molar-refractivity contribution < 1.29 is 14.6 Å². The lowest BCUT2D eigenvalue weighted by atomic mass is 10.0. The lowest BCUT2D eigenvalue weighted by molar-refractivity contribution is -0.110. The van der Waals surface area contributed by atoms with E-state index in [0.717, 1.165) is 21.3 Å². The van der Waals surface area contributed by atoms with E-state index < -0.39 is 0 Å². The Labute approximate surface area is 150 Å². The largest absolute Gasteiger partial charge is 0.503 e. The number of anilines is 1. The predicted molar refractivity (Wildman–Crippen MR) is 97.6 cm³/mol. The van der Waals surface area contributed by atoms with Gasteiger partial charge in [0.1, 0.15) is 0 Å². The van der Waals surface area contributed by atoms with Gasteiger partial charge in [0.25, 0.3) is 5.91 Å². The van der Waals surface area contributed by atoms with E-state index >= 15 is 0 Å². The number of hydrogen-bond donors (Lipinski definition) is 2. The van der Waals surface area contributed by atoms with Crippen molar-refractivity contribution in [3.63, 3.8) is 0 Å². The number of nitrogens with one attached hydrogen (secondary N) is 1. The number of benzene rings is 2. The zero-order chi connectivity index (χ0) is 16.6. The van der Waals surface area contributed by atoms with Crippen LogP contribution in [-0.4, -0.2) is 17.6 Å². The molecule has 0 radical (unpaired) electrons. The second-order valence-corrected chi connectivity index (χ2v) is 6.75. The predicted octanol–water partition coefficient (Wildman–Crippen LogP) is 4.81. The molecule has 3 rings (SSSR count). The first-order chi connectivity index (χ1) is 11.0. The van der Waals surface area contributed by atoms with E-state index in [9.17, 15) is 9.90 Å². The molecule has 0 bridgehead atoms. The molecule has 2 aromatic rings. The third kappa shape index (κ3) is 3.14. The second kappa shape index (κ2) is 6.37. The highest BCUT2D eigenvalue weighted by Gasteiger charge is 2.24. The molecule has 1 aliphatic rings. The number of hydrogen-bond acceptors (Lipinski definition) is 3. The van der Waals surface area contributed by atoms with Gasteiger partial charge < -0.3 is 15.2 Å². The van der Waals surface area contributed by atoms with Crippen LogP contribution in [0.4, 0.5) is 5.69 Å². The summed E-state index contributed by atoms with van der Waals surface area (Å²) in [5, 5.41) is 12.8. The Balaban J connectivity index is 2.09. The molecule has 6 heteroatoms. The second-order valence-electron chi connectivity index (χ2n) is 4.98. The summed E-state index contributed by atoms with van der Waals surface area (Å²) in [7, 11) is 0. The van der Waals surface area contributed by atoms with Crippen LogP contribution in [0.3, 0.4) is 0 Å². The van der Waals surface area contributed by atoms with Crippen molar-refractivity contribution in [1.29, 1.82) is 0 Å². The van der Waals surface area contributed by atoms with E-state index in [2.05, 4.69) is 37.2 Å². The number of rotatable bonds is 3. The standard InChI is InChI=1S/C17H13Br2NO3/c1-2-23-15-7-9(6-13(19)16(15)21)5-12-11-8-10(18)3-4-14(11)20-17(12)22/h3-8,21H,2H2,1H3,(H,20,22)/b12-5-. The van der Waals surface area contributed by atoms with Gasteiger partial charge in [0.05, 0.1) is 11.1 Å². The zero-order valence-electron chi connectivity index (χ0n) is 12.2. The maximum atomic E-state index is 12.2. The Kier molecular flexibility index (Phi) is 4.46. The third-order valence-corrected chi connectivity index (χ3v) is 4.52. The molecule has 118 valence electrons. The van der Waals surface area contributed by atoms with Crippen molar-refractivity contribution in [3.8, 4) is 11.5 Å². The molecule has 23 heavy (non-hydrogen) atoms. The first kappa shape index (κ1) is 16.1. The van der Waals surface area contributed by atoms with E-state index in [4.69, 9.17) is 4.74 Å². The number of phenolic OH excluding ortho intramolecular Hbond substituents is 1. The Hall–Kier alpha value is -1.79. The Morgan fingerprint density at radius 2 is 2.04 bits per heavy atom. The summed E-state index contributed by atoms with van der Waals surface area (Å²) in [5.41, 5.74) is 2.95. The van der Waals surface area contributed by atoms with Crippen molar-refractivity contribution in [2.75, 3.05) is 11.9 Å². The molecule has 2 aromatic carbocycles. The minimum atomic E-state index is -0.153. The smallest absolute Gasteiger partial charge is 0.256 e. The molecule has 0 unspecified atom stereocenters. The normalized spacial score (nSPS) is 14.7. The van der Waals surface area contributed by atoms with Crippen LogP contribution in [0.15, 0.2) is 39.3 Å². The van der Waals surface area contributed by atoms with E-state index in [-0.39, 0.29) is 11.7 Å². The molecular weight excluding hydrogens is 426 g/mol. The third-order valence-electron chi connectivity index (χ3n) is 3.43. The lowest BCUT2D eigenvalue weighted by Gasteiger charge is -2.09. The maximum Gasteiger partial charge on any atom is 0.256 e. The van der Waals surface area contributed by atoms with Gasteiger partial charge in [-0.05, 0) is 64.8 Å². The monoisotopic (exact) mass is 437 g/mol. The number of halogens is 2. The molecule has 0 atom stereocenters. The van der Waals surface area contributed by atoms with Gasteiger partial charge in [-0.3, -0.25) is 4.79 Å². The number of phenols is 1. The van der Waals surface area contributed by atoms with Gasteiger partial charge in [-0.15, -0.1) is 0 Å². The van der Waals surface area contributed by atoms with Gasteiger partial charge in [0.15, 0.2) is 11.5 Å². The summed E-state index contributed by atoms with van der Waals surface area (Å²) in [5.74, 6) is 0.273. The molecule has 1 aliphatic heterocycles. The number of amides is 1. The summed E-state index contributed by atoms with van der Waals surface area (Å²) >= 11 is 6.73. The minimum absolute atomic E-state index is 0.0491. The van der Waals surface area contributed by atoms with Crippen LogP contribution in [0, 0.1) is 0 Å². The highest BCUT2D eigenvalue weighted by molar-refractivity contribution is 9.10. The van der Waals surface area contributed by atoms with E-state index in [1.165, 1.54) is 0 Å². The minimum Gasteiger partial charge on any atom is -0.503 e. The molecule has 0 spiro atoms. The zero-order valence-corrected chi connectivity index (χ0v) is 15.4. The molecule has 4 nitrogen and oxygen atoms in total. The number of carbonyl (C=O) groups is 1. The van der Waals surface area contributed by atoms with Crippen molar-refractivity contribution in [1.82, 2.24) is 0 Å². The molecule has 0 aliphatic carbocycles. The molecule has 0 saturated heterocycles. The Bertz CT molecular complexity index is 831. The van der Waals surface area contributed by atoms with Crippen molar-refractivity contribution in [3.05, 3.63) is 50.4 Å². The average Bonchev–Trinajstić information content (AvgIpc) is 2.80. The Morgan fingerprint density at radius 3 is 2.78 bits per heavy atom. The highest BCUT2D eigenvalue weighted by Crippen LogP contribution is 2.39. The Morgan fingerprint density at radius 1 is 1.26 bits per heavy atom. The van der Waals surface area contributed by atoms with Gasteiger partial charge in [-0.25, -0.2) is 0 Å². The fourth-order valence-electron chi connectivity index (χ4n) is 2.41. The highest BCUT2D eigenvalue weighted by atomic mass is 79.9. The van der Waals surface area contributed by atoms with Gasteiger partial charge in [0, 0.05) is 21.3 Å². The number of fused-ring (bicyclic) bond motifs is 1. The van der Waals surface area contributed by atoms with Crippen LogP contribution in [0.5, 0.6) is 11.5 Å². The van der Waals surface area contributed by atoms with Gasteiger partial charge >= 0.3 is 0 Å². The van der Waals surface area contributed by atoms with Crippen molar-refractivity contribution in [2.24, 2.45) is 0 Å². The summed E-state index contributed by atoms with van der Waals surface area (Å²) < 4.78 is 6.84. The van der Waals surface area contributed by atoms with Crippen molar-refractivity contribution in [2.45, 2.75) is 6.92 Å². The summed E-state index contributed by atoms with van der Waals surface area (Å²) in [4.78, 5) is 12.2. The van der Waals surface area contributed by atoms with Crippen LogP contribution in [0.1, 0.15) is 18.1 Å². The molecule has 0 fully saturated rings. The summed E-state index contributed by atoms with van der Waals surface area (Å²) in [6, 6.07) is 9.09. The number of carbonyl (C=O) groups excluding carboxylic acids is 1. The quantitative estimate of drug-likeness (QED) is 0.676. The van der Waals surface area contributed by atoms with Gasteiger partial charge in [0.2, 0.25) is 0 Å². The summed E-state index contributed by atoms with van der Waals surface area (Å²) in [6.07, 6.45) is 1.78. The maximum absolute atomic E-state index is 12.2. The fraction of sp³-hybridized carbons (Fsp3) is 0.118. The average molecular weight is 439 g/mol.